The zero-order valence-corrected chi connectivity index (χ0v) is 16.6. The molecular formula is C21H27N5O2. The highest BCUT2D eigenvalue weighted by molar-refractivity contribution is 5.94. The summed E-state index contributed by atoms with van der Waals surface area (Å²) in [7, 11) is 0. The molecule has 2 aliphatic rings. The van der Waals surface area contributed by atoms with E-state index in [-0.39, 0.29) is 5.91 Å². The Balaban J connectivity index is 1.42. The number of aromatic nitrogens is 2. The van der Waals surface area contributed by atoms with Gasteiger partial charge in [-0.1, -0.05) is 17.7 Å². The minimum absolute atomic E-state index is 0.104. The number of morpholine rings is 1. The maximum atomic E-state index is 12.7. The summed E-state index contributed by atoms with van der Waals surface area (Å²) in [5.41, 5.74) is 1.92. The average Bonchev–Trinajstić information content (AvgIpc) is 2.74. The van der Waals surface area contributed by atoms with Crippen molar-refractivity contribution in [2.75, 3.05) is 62.3 Å². The van der Waals surface area contributed by atoms with Crippen molar-refractivity contribution in [3.63, 3.8) is 0 Å². The summed E-state index contributed by atoms with van der Waals surface area (Å²) < 4.78 is 5.44. The van der Waals surface area contributed by atoms with Crippen LogP contribution in [-0.4, -0.2) is 73.3 Å². The van der Waals surface area contributed by atoms with Crippen LogP contribution in [0, 0.1) is 13.8 Å². The molecule has 0 bridgehead atoms. The number of ether oxygens (including phenoxy) is 1. The summed E-state index contributed by atoms with van der Waals surface area (Å²) in [5.74, 6) is 2.78. The first-order valence-electron chi connectivity index (χ1n) is 9.89. The number of hydrogen-bond donors (Lipinski definition) is 0. The Kier molecular flexibility index (Phi) is 5.43. The van der Waals surface area contributed by atoms with Crippen molar-refractivity contribution in [3.05, 3.63) is 47.3 Å². The number of carbonyl (C=O) groups is 1. The summed E-state index contributed by atoms with van der Waals surface area (Å²) in [6.07, 6.45) is 0. The van der Waals surface area contributed by atoms with Crippen molar-refractivity contribution in [3.8, 4) is 0 Å². The molecule has 4 rings (SSSR count). The average molecular weight is 381 g/mol. The lowest BCUT2D eigenvalue weighted by atomic mass is 10.1. The number of benzene rings is 1. The number of carbonyl (C=O) groups excluding carboxylic acids is 1. The van der Waals surface area contributed by atoms with Crippen LogP contribution in [0.1, 0.15) is 21.7 Å². The molecule has 0 atom stereocenters. The number of anilines is 2. The number of aryl methyl sites for hydroxylation is 2. The molecule has 7 nitrogen and oxygen atoms in total. The van der Waals surface area contributed by atoms with Crippen molar-refractivity contribution < 1.29 is 9.53 Å². The first kappa shape index (κ1) is 18.7. The Morgan fingerprint density at radius 1 is 0.857 bits per heavy atom. The van der Waals surface area contributed by atoms with Crippen molar-refractivity contribution in [2.45, 2.75) is 13.8 Å². The molecule has 0 unspecified atom stereocenters. The molecule has 1 aromatic heterocycles. The monoisotopic (exact) mass is 381 g/mol. The van der Waals surface area contributed by atoms with E-state index in [2.05, 4.69) is 25.8 Å². The SMILES string of the molecule is Cc1ccc(C(=O)N2CCN(c3cc(N4CCOCC4)nc(C)n3)CC2)cc1. The molecule has 148 valence electrons. The van der Waals surface area contributed by atoms with Gasteiger partial charge in [-0.3, -0.25) is 4.79 Å². The molecular weight excluding hydrogens is 354 g/mol. The van der Waals surface area contributed by atoms with Crippen LogP contribution < -0.4 is 9.80 Å². The first-order chi connectivity index (χ1) is 13.6. The Labute approximate surface area is 165 Å². The molecule has 3 heterocycles. The Morgan fingerprint density at radius 3 is 2.04 bits per heavy atom. The molecule has 1 aromatic carbocycles. The smallest absolute Gasteiger partial charge is 0.253 e. The summed E-state index contributed by atoms with van der Waals surface area (Å²) >= 11 is 0. The van der Waals surface area contributed by atoms with Crippen LogP contribution in [0.3, 0.4) is 0 Å². The molecule has 0 radical (unpaired) electrons. The molecule has 2 aromatic rings. The first-order valence-corrected chi connectivity index (χ1v) is 9.89. The van der Waals surface area contributed by atoms with Crippen molar-refractivity contribution in [1.29, 1.82) is 0 Å². The second-order valence-electron chi connectivity index (χ2n) is 7.38. The molecule has 1 amide bonds. The lowest BCUT2D eigenvalue weighted by molar-refractivity contribution is 0.0746. The third kappa shape index (κ3) is 4.09. The van der Waals surface area contributed by atoms with E-state index in [0.717, 1.165) is 68.0 Å². The minimum Gasteiger partial charge on any atom is -0.378 e. The minimum atomic E-state index is 0.104. The largest absolute Gasteiger partial charge is 0.378 e. The predicted molar refractivity (Wildman–Crippen MR) is 109 cm³/mol. The highest BCUT2D eigenvalue weighted by Gasteiger charge is 2.24. The normalized spacial score (nSPS) is 17.7. The number of piperazine rings is 1. The second-order valence-corrected chi connectivity index (χ2v) is 7.38. The third-order valence-corrected chi connectivity index (χ3v) is 5.34. The third-order valence-electron chi connectivity index (χ3n) is 5.34. The summed E-state index contributed by atoms with van der Waals surface area (Å²) in [4.78, 5) is 28.4. The van der Waals surface area contributed by atoms with Crippen LogP contribution in [0.15, 0.2) is 30.3 Å². The molecule has 2 saturated heterocycles. The fourth-order valence-electron chi connectivity index (χ4n) is 3.67. The topological polar surface area (TPSA) is 61.8 Å². The Morgan fingerprint density at radius 2 is 1.43 bits per heavy atom. The fraction of sp³-hybridized carbons (Fsp3) is 0.476. The second kappa shape index (κ2) is 8.14. The lowest BCUT2D eigenvalue weighted by Gasteiger charge is -2.36. The van der Waals surface area contributed by atoms with Gasteiger partial charge in [-0.25, -0.2) is 9.97 Å². The molecule has 0 N–H and O–H groups in total. The van der Waals surface area contributed by atoms with Gasteiger partial charge in [0.1, 0.15) is 17.5 Å². The summed E-state index contributed by atoms with van der Waals surface area (Å²) in [6, 6.07) is 9.86. The van der Waals surface area contributed by atoms with Crippen LogP contribution >= 0.6 is 0 Å². The van der Waals surface area contributed by atoms with E-state index < -0.39 is 0 Å². The molecule has 7 heteroatoms. The van der Waals surface area contributed by atoms with E-state index in [0.29, 0.717) is 13.1 Å². The standard InChI is InChI=1S/C21H27N5O2/c1-16-3-5-18(6-4-16)21(27)26-9-7-24(8-10-26)19-15-20(23-17(2)22-19)25-11-13-28-14-12-25/h3-6,15H,7-14H2,1-2H3. The van der Waals surface area contributed by atoms with Crippen LogP contribution in [-0.2, 0) is 4.74 Å². The quantitative estimate of drug-likeness (QED) is 0.809. The van der Waals surface area contributed by atoms with Gasteiger partial charge < -0.3 is 19.4 Å². The van der Waals surface area contributed by atoms with Gasteiger partial charge >= 0.3 is 0 Å². The van der Waals surface area contributed by atoms with E-state index in [4.69, 9.17) is 4.74 Å². The van der Waals surface area contributed by atoms with Crippen LogP contribution in [0.4, 0.5) is 11.6 Å². The van der Waals surface area contributed by atoms with E-state index >= 15 is 0 Å². The van der Waals surface area contributed by atoms with Crippen molar-refractivity contribution in [1.82, 2.24) is 14.9 Å². The van der Waals surface area contributed by atoms with Gasteiger partial charge in [-0.15, -0.1) is 0 Å². The number of hydrogen-bond acceptors (Lipinski definition) is 6. The van der Waals surface area contributed by atoms with Gasteiger partial charge in [0.2, 0.25) is 0 Å². The zero-order valence-electron chi connectivity index (χ0n) is 16.6. The Hall–Kier alpha value is -2.67. The van der Waals surface area contributed by atoms with Crippen LogP contribution in [0.2, 0.25) is 0 Å². The van der Waals surface area contributed by atoms with Crippen molar-refractivity contribution >= 4 is 17.5 Å². The molecule has 0 saturated carbocycles. The van der Waals surface area contributed by atoms with Crippen LogP contribution in [0.5, 0.6) is 0 Å². The van der Waals surface area contributed by atoms with E-state index in [9.17, 15) is 4.79 Å². The molecule has 2 aliphatic heterocycles. The van der Waals surface area contributed by atoms with Gasteiger partial charge in [0.25, 0.3) is 5.91 Å². The Bertz CT molecular complexity index is 825. The molecule has 0 aliphatic carbocycles. The van der Waals surface area contributed by atoms with E-state index in [1.165, 1.54) is 0 Å². The van der Waals surface area contributed by atoms with Gasteiger partial charge in [0.15, 0.2) is 0 Å². The summed E-state index contributed by atoms with van der Waals surface area (Å²) in [6.45, 7) is 10.1. The van der Waals surface area contributed by atoms with E-state index in [1.807, 2.05) is 43.0 Å². The molecule has 28 heavy (non-hydrogen) atoms. The maximum Gasteiger partial charge on any atom is 0.253 e. The molecule has 2 fully saturated rings. The zero-order chi connectivity index (χ0) is 19.5. The summed E-state index contributed by atoms with van der Waals surface area (Å²) in [5, 5.41) is 0. The van der Waals surface area contributed by atoms with Gasteiger partial charge in [-0.2, -0.15) is 0 Å². The van der Waals surface area contributed by atoms with Gasteiger partial charge in [-0.05, 0) is 26.0 Å². The van der Waals surface area contributed by atoms with E-state index in [1.54, 1.807) is 0 Å². The highest BCUT2D eigenvalue weighted by Crippen LogP contribution is 2.22. The van der Waals surface area contributed by atoms with Crippen molar-refractivity contribution in [2.24, 2.45) is 0 Å². The predicted octanol–water partition coefficient (Wildman–Crippen LogP) is 1.89. The van der Waals surface area contributed by atoms with Gasteiger partial charge in [0, 0.05) is 50.9 Å². The number of rotatable bonds is 3. The maximum absolute atomic E-state index is 12.7. The van der Waals surface area contributed by atoms with Gasteiger partial charge in [0.05, 0.1) is 13.2 Å². The fourth-order valence-corrected chi connectivity index (χ4v) is 3.67. The number of nitrogens with zero attached hydrogens (tertiary/aromatic N) is 5. The number of amides is 1. The molecule has 0 spiro atoms. The lowest BCUT2D eigenvalue weighted by Crippen LogP contribution is -2.49. The highest BCUT2D eigenvalue weighted by atomic mass is 16.5. The van der Waals surface area contributed by atoms with Crippen LogP contribution in [0.25, 0.3) is 0 Å².